The minimum atomic E-state index is 0. The largest absolute Gasteiger partial charge is 0.0776 e. The van der Waals surface area contributed by atoms with E-state index in [1.54, 1.807) is 0 Å². The predicted octanol–water partition coefficient (Wildman–Crippen LogP) is 18.7. The van der Waals surface area contributed by atoms with Crippen LogP contribution in [0.2, 0.25) is 0 Å². The van der Waals surface area contributed by atoms with E-state index >= 15 is 0 Å². The molecule has 0 saturated heterocycles. The summed E-state index contributed by atoms with van der Waals surface area (Å²) in [5.41, 5.74) is 15.8. The van der Waals surface area contributed by atoms with Gasteiger partial charge in [0.2, 0.25) is 0 Å². The number of aryl methyl sites for hydroxylation is 10. The minimum Gasteiger partial charge on any atom is -0.0776 e. The second kappa shape index (κ2) is 27.8. The van der Waals surface area contributed by atoms with Crippen LogP contribution < -0.4 is 0 Å². The third-order valence-corrected chi connectivity index (χ3v) is 9.13. The lowest BCUT2D eigenvalue weighted by atomic mass is 10.0. The van der Waals surface area contributed by atoms with E-state index in [0.717, 1.165) is 0 Å². The van der Waals surface area contributed by atoms with Gasteiger partial charge in [-0.2, -0.15) is 0 Å². The Morgan fingerprint density at radius 1 is 0.186 bits per heavy atom. The Labute approximate surface area is 363 Å². The van der Waals surface area contributed by atoms with Crippen LogP contribution in [0, 0.1) is 69.2 Å². The Kier molecular flexibility index (Phi) is 26.1. The average Bonchev–Trinajstić information content (AvgIpc) is 3.14. The van der Waals surface area contributed by atoms with Gasteiger partial charge in [-0.3, -0.25) is 0 Å². The van der Waals surface area contributed by atoms with E-state index in [2.05, 4.69) is 239 Å². The molecular weight excluding hydrogens is 709 g/mol. The lowest BCUT2D eigenvalue weighted by Gasteiger charge is -2.02. The zero-order valence-electron chi connectivity index (χ0n) is 34.2. The van der Waals surface area contributed by atoms with Crippen LogP contribution in [-0.2, 0) is 0 Å². The van der Waals surface area contributed by atoms with E-state index in [-0.39, 0.29) is 37.1 Å². The summed E-state index contributed by atoms with van der Waals surface area (Å²) in [6, 6.07) is 60.4. The summed E-state index contributed by atoms with van der Waals surface area (Å²) in [6.07, 6.45) is 0. The molecule has 0 aromatic heterocycles. The highest BCUT2D eigenvalue weighted by atomic mass is 14.0. The Hall–Kier alpha value is -5.72. The maximum atomic E-state index is 2.22. The molecular formula is C59H78. The summed E-state index contributed by atoms with van der Waals surface area (Å²) in [6.45, 7) is 21.1. The second-order valence-electron chi connectivity index (χ2n) is 14.8. The fourth-order valence-electron chi connectivity index (χ4n) is 5.91. The fourth-order valence-corrected chi connectivity index (χ4v) is 5.91. The second-order valence-corrected chi connectivity index (χ2v) is 14.8. The average molecular weight is 787 g/mol. The summed E-state index contributed by atoms with van der Waals surface area (Å²) >= 11 is 0. The molecule has 0 radical (unpaired) electrons. The molecule has 0 fully saturated rings. The number of fused-ring (bicyclic) bond motifs is 2. The molecule has 0 aliphatic heterocycles. The van der Waals surface area contributed by atoms with Gasteiger partial charge >= 0.3 is 0 Å². The Morgan fingerprint density at radius 3 is 0.678 bits per heavy atom. The van der Waals surface area contributed by atoms with Gasteiger partial charge in [-0.25, -0.2) is 0 Å². The van der Waals surface area contributed by atoms with E-state index in [9.17, 15) is 0 Å². The van der Waals surface area contributed by atoms with E-state index in [0.29, 0.717) is 0 Å². The van der Waals surface area contributed by atoms with Crippen LogP contribution in [-0.4, -0.2) is 0 Å². The molecule has 8 aromatic carbocycles. The van der Waals surface area contributed by atoms with Gasteiger partial charge in [-0.05, 0) is 102 Å². The molecule has 0 bridgehead atoms. The van der Waals surface area contributed by atoms with E-state index in [1.807, 2.05) is 0 Å². The third-order valence-electron chi connectivity index (χ3n) is 9.13. The van der Waals surface area contributed by atoms with Crippen LogP contribution in [0.25, 0.3) is 32.7 Å². The Bertz CT molecular complexity index is 2180. The van der Waals surface area contributed by atoms with Crippen molar-refractivity contribution in [3.8, 4) is 11.1 Å². The van der Waals surface area contributed by atoms with Gasteiger partial charge in [-0.1, -0.05) is 263 Å². The van der Waals surface area contributed by atoms with E-state index in [1.165, 1.54) is 88.3 Å². The zero-order valence-corrected chi connectivity index (χ0v) is 34.2. The molecule has 0 N–H and O–H groups in total. The molecule has 0 spiro atoms. The first-order valence-electron chi connectivity index (χ1n) is 19.0. The lowest BCUT2D eigenvalue weighted by molar-refractivity contribution is 1.39. The van der Waals surface area contributed by atoms with Gasteiger partial charge in [-0.15, -0.1) is 0 Å². The van der Waals surface area contributed by atoms with Crippen LogP contribution in [0.15, 0.2) is 170 Å². The molecule has 0 amide bonds. The first-order valence-corrected chi connectivity index (χ1v) is 19.0. The van der Waals surface area contributed by atoms with Crippen molar-refractivity contribution in [3.63, 3.8) is 0 Å². The molecule has 0 heterocycles. The maximum absolute atomic E-state index is 2.22. The zero-order chi connectivity index (χ0) is 39.0. The summed E-state index contributed by atoms with van der Waals surface area (Å²) < 4.78 is 0. The topological polar surface area (TPSA) is 0 Å². The molecule has 0 aliphatic rings. The molecule has 0 aliphatic carbocycles. The summed E-state index contributed by atoms with van der Waals surface area (Å²) in [5, 5.41) is 5.34. The van der Waals surface area contributed by atoms with Crippen LogP contribution in [0.4, 0.5) is 0 Å². The number of rotatable bonds is 1. The quantitative estimate of drug-likeness (QED) is 0.155. The van der Waals surface area contributed by atoms with Gasteiger partial charge < -0.3 is 0 Å². The van der Waals surface area contributed by atoms with Crippen molar-refractivity contribution in [1.82, 2.24) is 0 Å². The molecule has 59 heavy (non-hydrogen) atoms. The fraction of sp³-hybridized carbons (Fsp3) is 0.254. The molecule has 0 atom stereocenters. The van der Waals surface area contributed by atoms with Gasteiger partial charge in [0.1, 0.15) is 0 Å². The highest BCUT2D eigenvalue weighted by molar-refractivity contribution is 5.84. The number of benzene rings is 8. The van der Waals surface area contributed by atoms with E-state index < -0.39 is 0 Å². The molecule has 0 heteroatoms. The van der Waals surface area contributed by atoms with Gasteiger partial charge in [0, 0.05) is 0 Å². The van der Waals surface area contributed by atoms with Crippen LogP contribution >= 0.6 is 0 Å². The predicted molar refractivity (Wildman–Crippen MR) is 274 cm³/mol. The van der Waals surface area contributed by atoms with Crippen LogP contribution in [0.5, 0.6) is 0 Å². The SMILES string of the molecule is C.C.C.C.C.Cc1ccc(-c2ccc(C)cc2)cc1.Cc1ccc(C)cc1.Cc1ccc2cc(C)ccc2c1.Cc1ccc2ccc(C)cc2c1.Cc1cccc(C)c1. The molecule has 8 aromatic rings. The molecule has 0 saturated carbocycles. The van der Waals surface area contributed by atoms with Crippen molar-refractivity contribution in [2.45, 2.75) is 106 Å². The van der Waals surface area contributed by atoms with Crippen LogP contribution in [0.1, 0.15) is 92.8 Å². The smallest absolute Gasteiger partial charge is 0.0179 e. The normalized spacial score (nSPS) is 9.19. The summed E-state index contributed by atoms with van der Waals surface area (Å²) in [7, 11) is 0. The Morgan fingerprint density at radius 2 is 0.407 bits per heavy atom. The summed E-state index contributed by atoms with van der Waals surface area (Å²) in [4.78, 5) is 0. The number of hydrogen-bond acceptors (Lipinski definition) is 0. The monoisotopic (exact) mass is 787 g/mol. The van der Waals surface area contributed by atoms with Crippen molar-refractivity contribution >= 4 is 21.5 Å². The molecule has 0 unspecified atom stereocenters. The van der Waals surface area contributed by atoms with Gasteiger partial charge in [0.25, 0.3) is 0 Å². The first-order chi connectivity index (χ1) is 25.8. The molecule has 8 rings (SSSR count). The van der Waals surface area contributed by atoms with Crippen molar-refractivity contribution in [2.24, 2.45) is 0 Å². The number of hydrogen-bond donors (Lipinski definition) is 0. The van der Waals surface area contributed by atoms with E-state index in [4.69, 9.17) is 0 Å². The van der Waals surface area contributed by atoms with Crippen molar-refractivity contribution < 1.29 is 0 Å². The van der Waals surface area contributed by atoms with Crippen molar-refractivity contribution in [2.75, 3.05) is 0 Å². The lowest BCUT2D eigenvalue weighted by Crippen LogP contribution is -1.78. The van der Waals surface area contributed by atoms with Crippen LogP contribution in [0.3, 0.4) is 0 Å². The molecule has 0 nitrogen and oxygen atoms in total. The highest BCUT2D eigenvalue weighted by Crippen LogP contribution is 2.20. The van der Waals surface area contributed by atoms with Gasteiger partial charge in [0.15, 0.2) is 0 Å². The van der Waals surface area contributed by atoms with Crippen molar-refractivity contribution in [1.29, 1.82) is 0 Å². The maximum Gasteiger partial charge on any atom is -0.0179 e. The molecule has 314 valence electrons. The minimum absolute atomic E-state index is 0. The summed E-state index contributed by atoms with van der Waals surface area (Å²) in [5.74, 6) is 0. The standard InChI is InChI=1S/C14H14.2C12H12.2C8H10.5CH4/c1-11-3-7-13(8-4-11)14-9-5-12(2)6-10-14;1-9-3-5-12-8-10(2)4-6-11(12)7-9;1-9-3-5-11-6-4-10(2)8-12(11)7-9;1-7-3-5-8(2)6-4-7;1-7-4-3-5-8(2)6-7;;;;;/h3-10H,1-2H3;2*3-8H,1-2H3;2*3-6H,1-2H3;5*1H4. The van der Waals surface area contributed by atoms with Crippen molar-refractivity contribution in [3.05, 3.63) is 225 Å². The third kappa shape index (κ3) is 19.5. The Balaban J connectivity index is 0. The van der Waals surface area contributed by atoms with Gasteiger partial charge in [0.05, 0.1) is 0 Å². The highest BCUT2D eigenvalue weighted by Gasteiger charge is 1.96. The first kappa shape index (κ1) is 55.4.